The van der Waals surface area contributed by atoms with Crippen LogP contribution in [0.25, 0.3) is 0 Å². The zero-order valence-corrected chi connectivity index (χ0v) is 16.3. The highest BCUT2D eigenvalue weighted by molar-refractivity contribution is 7.98. The van der Waals surface area contributed by atoms with Crippen molar-refractivity contribution in [2.24, 2.45) is 5.73 Å². The molecule has 4 unspecified atom stereocenters. The first-order valence-electron chi connectivity index (χ1n) is 7.78. The Hall–Kier alpha value is -1.50. The molecule has 26 heavy (non-hydrogen) atoms. The van der Waals surface area contributed by atoms with E-state index < -0.39 is 54.5 Å². The Labute approximate surface area is 161 Å². The van der Waals surface area contributed by atoms with Gasteiger partial charge >= 0.3 is 5.97 Å². The fourth-order valence-corrected chi connectivity index (χ4v) is 2.45. The number of nitrogens with two attached hydrogens (primary N) is 1. The lowest BCUT2D eigenvalue weighted by atomic mass is 10.2. The Balaban J connectivity index is 4.75. The second kappa shape index (κ2) is 12.8. The third kappa shape index (κ3) is 8.74. The largest absolute Gasteiger partial charge is 0.480 e. The molecular weight excluding hydrogens is 384 g/mol. The minimum Gasteiger partial charge on any atom is -0.480 e. The van der Waals surface area contributed by atoms with Crippen LogP contribution in [0.3, 0.4) is 0 Å². The summed E-state index contributed by atoms with van der Waals surface area (Å²) in [4.78, 5) is 47.0. The number of carboxylic acids is 1. The van der Waals surface area contributed by atoms with Crippen LogP contribution in [0.4, 0.5) is 0 Å². The fraction of sp³-hybridized carbons (Fsp3) is 0.714. The number of aliphatic hydroxyl groups is 1. The van der Waals surface area contributed by atoms with E-state index in [4.69, 9.17) is 15.9 Å². The molecule has 4 atom stereocenters. The molecule has 0 fully saturated rings. The highest BCUT2D eigenvalue weighted by atomic mass is 32.2. The van der Waals surface area contributed by atoms with Crippen molar-refractivity contribution in [3.63, 3.8) is 0 Å². The number of hydrogen-bond donors (Lipinski definition) is 7. The van der Waals surface area contributed by atoms with Crippen LogP contribution >= 0.6 is 24.4 Å². The van der Waals surface area contributed by atoms with E-state index in [1.807, 2.05) is 6.26 Å². The second-order valence-corrected chi connectivity index (χ2v) is 6.79. The third-order valence-corrected chi connectivity index (χ3v) is 4.34. The SMILES string of the molecule is CSCCC(NC(=O)C(CS)NC(=O)C(C)NC(=O)C(N)CO)C(=O)O. The molecule has 0 aromatic carbocycles. The second-order valence-electron chi connectivity index (χ2n) is 5.44. The van der Waals surface area contributed by atoms with Gasteiger partial charge in [-0.15, -0.1) is 0 Å². The maximum Gasteiger partial charge on any atom is 0.326 e. The maximum atomic E-state index is 12.2. The summed E-state index contributed by atoms with van der Waals surface area (Å²) in [6, 6.07) is -4.33. The van der Waals surface area contributed by atoms with Gasteiger partial charge in [-0.3, -0.25) is 14.4 Å². The maximum absolute atomic E-state index is 12.2. The molecule has 0 aliphatic rings. The minimum absolute atomic E-state index is 0.0662. The van der Waals surface area contributed by atoms with E-state index in [2.05, 4.69) is 28.6 Å². The predicted molar refractivity (Wildman–Crippen MR) is 101 cm³/mol. The van der Waals surface area contributed by atoms with Gasteiger partial charge in [-0.1, -0.05) is 0 Å². The van der Waals surface area contributed by atoms with Gasteiger partial charge in [0.2, 0.25) is 17.7 Å². The number of aliphatic carboxylic acids is 1. The Bertz CT molecular complexity index is 508. The molecule has 0 spiro atoms. The van der Waals surface area contributed by atoms with Gasteiger partial charge in [0.1, 0.15) is 24.2 Å². The number of hydrogen-bond acceptors (Lipinski definition) is 8. The molecule has 0 aromatic rings. The Kier molecular flexibility index (Phi) is 12.1. The minimum atomic E-state index is -1.17. The summed E-state index contributed by atoms with van der Waals surface area (Å²) in [5.74, 6) is -2.77. The Morgan fingerprint density at radius 2 is 1.65 bits per heavy atom. The molecule has 0 aliphatic heterocycles. The number of carbonyl (C=O) groups excluding carboxylic acids is 3. The first-order valence-corrected chi connectivity index (χ1v) is 9.80. The summed E-state index contributed by atoms with van der Waals surface area (Å²) in [7, 11) is 0. The van der Waals surface area contributed by atoms with E-state index in [-0.39, 0.29) is 12.2 Å². The molecule has 0 radical (unpaired) electrons. The van der Waals surface area contributed by atoms with E-state index in [9.17, 15) is 19.2 Å². The van der Waals surface area contributed by atoms with Crippen LogP contribution in [-0.4, -0.2) is 82.4 Å². The molecule has 0 saturated heterocycles. The van der Waals surface area contributed by atoms with Crippen LogP contribution < -0.4 is 21.7 Å². The number of thiol groups is 1. The van der Waals surface area contributed by atoms with Crippen molar-refractivity contribution < 1.29 is 29.4 Å². The summed E-state index contributed by atoms with van der Waals surface area (Å²) in [6.45, 7) is 0.803. The molecule has 0 aliphatic carbocycles. The van der Waals surface area contributed by atoms with Gasteiger partial charge in [0.25, 0.3) is 0 Å². The van der Waals surface area contributed by atoms with E-state index in [0.29, 0.717) is 5.75 Å². The molecule has 12 heteroatoms. The normalized spacial score (nSPS) is 15.3. The average Bonchev–Trinajstić information content (AvgIpc) is 2.61. The van der Waals surface area contributed by atoms with Crippen molar-refractivity contribution >= 4 is 48.1 Å². The smallest absolute Gasteiger partial charge is 0.326 e. The van der Waals surface area contributed by atoms with Crippen LogP contribution in [-0.2, 0) is 19.2 Å². The fourth-order valence-electron chi connectivity index (χ4n) is 1.73. The first-order chi connectivity index (χ1) is 12.2. The molecule has 0 heterocycles. The Morgan fingerprint density at radius 1 is 1.08 bits per heavy atom. The highest BCUT2D eigenvalue weighted by Gasteiger charge is 2.27. The lowest BCUT2D eigenvalue weighted by Gasteiger charge is -2.22. The van der Waals surface area contributed by atoms with Crippen molar-refractivity contribution in [3.05, 3.63) is 0 Å². The van der Waals surface area contributed by atoms with Gasteiger partial charge in [-0.25, -0.2) is 4.79 Å². The van der Waals surface area contributed by atoms with Gasteiger partial charge < -0.3 is 31.9 Å². The lowest BCUT2D eigenvalue weighted by molar-refractivity contribution is -0.142. The quantitative estimate of drug-likeness (QED) is 0.174. The van der Waals surface area contributed by atoms with Gasteiger partial charge in [-0.05, 0) is 25.4 Å². The van der Waals surface area contributed by atoms with Gasteiger partial charge in [-0.2, -0.15) is 24.4 Å². The van der Waals surface area contributed by atoms with Gasteiger partial charge in [0, 0.05) is 5.75 Å². The van der Waals surface area contributed by atoms with Gasteiger partial charge in [0.05, 0.1) is 6.61 Å². The standard InChI is InChI=1S/C14H26N4O6S2/c1-7(16-12(21)8(15)5-19)11(20)18-10(6-25)13(22)17-9(14(23)24)3-4-26-2/h7-10,19,25H,3-6,15H2,1-2H3,(H,16,21)(H,17,22)(H,18,20)(H,23,24). The van der Waals surface area contributed by atoms with Crippen LogP contribution in [0.15, 0.2) is 0 Å². The number of amides is 3. The first kappa shape index (κ1) is 24.5. The van der Waals surface area contributed by atoms with Gasteiger partial charge in [0.15, 0.2) is 0 Å². The Morgan fingerprint density at radius 3 is 2.12 bits per heavy atom. The predicted octanol–water partition coefficient (Wildman–Crippen LogP) is -2.45. The molecular formula is C14H26N4O6S2. The number of carboxylic acid groups (broad SMARTS) is 1. The monoisotopic (exact) mass is 410 g/mol. The molecule has 7 N–H and O–H groups in total. The summed E-state index contributed by atoms with van der Waals surface area (Å²) in [5.41, 5.74) is 5.34. The zero-order chi connectivity index (χ0) is 20.3. The van der Waals surface area contributed by atoms with E-state index in [1.54, 1.807) is 0 Å². The summed E-state index contributed by atoms with van der Waals surface area (Å²) in [6.07, 6.45) is 2.05. The molecule has 10 nitrogen and oxygen atoms in total. The van der Waals surface area contributed by atoms with Crippen molar-refractivity contribution in [3.8, 4) is 0 Å². The number of rotatable bonds is 12. The van der Waals surface area contributed by atoms with Crippen LogP contribution in [0, 0.1) is 0 Å². The van der Waals surface area contributed by atoms with E-state index >= 15 is 0 Å². The topological polar surface area (TPSA) is 171 Å². The molecule has 150 valence electrons. The van der Waals surface area contributed by atoms with Crippen molar-refractivity contribution in [2.75, 3.05) is 24.4 Å². The molecule has 0 aromatic heterocycles. The van der Waals surface area contributed by atoms with E-state index in [0.717, 1.165) is 0 Å². The third-order valence-electron chi connectivity index (χ3n) is 3.33. The molecule has 0 bridgehead atoms. The number of thioether (sulfide) groups is 1. The van der Waals surface area contributed by atoms with Crippen LogP contribution in [0.2, 0.25) is 0 Å². The van der Waals surface area contributed by atoms with Crippen molar-refractivity contribution in [1.82, 2.24) is 16.0 Å². The molecule has 3 amide bonds. The lowest BCUT2D eigenvalue weighted by Crippen LogP contribution is -2.57. The highest BCUT2D eigenvalue weighted by Crippen LogP contribution is 2.02. The zero-order valence-electron chi connectivity index (χ0n) is 14.6. The number of aliphatic hydroxyl groups excluding tert-OH is 1. The molecule has 0 rings (SSSR count). The van der Waals surface area contributed by atoms with E-state index in [1.165, 1.54) is 18.7 Å². The van der Waals surface area contributed by atoms with Crippen LogP contribution in [0.1, 0.15) is 13.3 Å². The number of carbonyl (C=O) groups is 4. The molecule has 0 saturated carbocycles. The van der Waals surface area contributed by atoms with Crippen molar-refractivity contribution in [1.29, 1.82) is 0 Å². The summed E-state index contributed by atoms with van der Waals surface area (Å²) in [5, 5.41) is 25.0. The summed E-state index contributed by atoms with van der Waals surface area (Å²) >= 11 is 5.44. The average molecular weight is 411 g/mol. The van der Waals surface area contributed by atoms with Crippen molar-refractivity contribution in [2.45, 2.75) is 37.5 Å². The number of nitrogens with one attached hydrogen (secondary N) is 3. The van der Waals surface area contributed by atoms with Crippen LogP contribution in [0.5, 0.6) is 0 Å². The summed E-state index contributed by atoms with van der Waals surface area (Å²) < 4.78 is 0.